The smallest absolute Gasteiger partial charge is 0.243 e. The van der Waals surface area contributed by atoms with Crippen molar-refractivity contribution >= 4 is 35.6 Å². The fourth-order valence-corrected chi connectivity index (χ4v) is 5.58. The van der Waals surface area contributed by atoms with E-state index in [9.17, 15) is 14.8 Å². The summed E-state index contributed by atoms with van der Waals surface area (Å²) in [6.07, 6.45) is 6.09. The Morgan fingerprint density at radius 1 is 1.39 bits per heavy atom. The van der Waals surface area contributed by atoms with E-state index in [1.807, 2.05) is 19.0 Å². The second-order valence-corrected chi connectivity index (χ2v) is 10.0. The lowest BCUT2D eigenvalue weighted by Crippen LogP contribution is -2.41. The third-order valence-corrected chi connectivity index (χ3v) is 7.57. The molecule has 3 N–H and O–H groups in total. The van der Waals surface area contributed by atoms with Crippen LogP contribution in [0.2, 0.25) is 5.28 Å². The molecule has 2 amide bonds. The molecule has 0 aromatic carbocycles. The van der Waals surface area contributed by atoms with E-state index >= 15 is 4.39 Å². The quantitative estimate of drug-likeness (QED) is 0.200. The van der Waals surface area contributed by atoms with Gasteiger partial charge in [0.05, 0.1) is 12.5 Å². The maximum atomic E-state index is 15.3. The molecule has 2 saturated carbocycles. The number of aromatic nitrogens is 2. The molecule has 3 aliphatic rings. The number of likely N-dealkylation sites (N-methyl/N-ethyl adjacent to an activating group) is 1. The standard InChI is InChI=1S/C21H31ClFN7O3/c1-28(2)21-8-15(21)10-29(11-21)18-16(23)17(24-20(22)25-18)26-27-19(32)14(9-30(33)12-31)7-13-5-3-4-6-13/h12-15,33H,3-11H2,1-2H3,(H,27,32)(H,24,25,26)/t14-,15?,21?/m1/s1. The number of hydrogen-bond donors (Lipinski definition) is 3. The number of hydrogen-bond acceptors (Lipinski definition) is 8. The number of halogens is 2. The van der Waals surface area contributed by atoms with Gasteiger partial charge in [0.15, 0.2) is 11.6 Å². The number of hydrazine groups is 1. The van der Waals surface area contributed by atoms with Gasteiger partial charge in [0.1, 0.15) is 0 Å². The largest absolute Gasteiger partial charge is 0.352 e. The lowest BCUT2D eigenvalue weighted by atomic mass is 9.92. The van der Waals surface area contributed by atoms with E-state index in [1.165, 1.54) is 0 Å². The maximum absolute atomic E-state index is 15.3. The Hall–Kier alpha value is -2.24. The van der Waals surface area contributed by atoms with E-state index in [1.54, 1.807) is 0 Å². The Morgan fingerprint density at radius 3 is 2.76 bits per heavy atom. The molecule has 12 heteroatoms. The first kappa shape index (κ1) is 23.9. The molecule has 3 atom stereocenters. The number of piperidine rings is 1. The molecule has 0 spiro atoms. The summed E-state index contributed by atoms with van der Waals surface area (Å²) >= 11 is 6.07. The highest BCUT2D eigenvalue weighted by atomic mass is 35.5. The summed E-state index contributed by atoms with van der Waals surface area (Å²) in [5.41, 5.74) is 5.04. The van der Waals surface area contributed by atoms with Crippen molar-refractivity contribution in [3.63, 3.8) is 0 Å². The van der Waals surface area contributed by atoms with Gasteiger partial charge in [-0.25, -0.2) is 5.06 Å². The van der Waals surface area contributed by atoms with Crippen LogP contribution in [0.1, 0.15) is 38.5 Å². The predicted octanol–water partition coefficient (Wildman–Crippen LogP) is 1.90. The highest BCUT2D eigenvalue weighted by Gasteiger charge is 2.62. The van der Waals surface area contributed by atoms with Crippen LogP contribution in [0.5, 0.6) is 0 Å². The molecule has 1 aliphatic heterocycles. The molecular formula is C21H31ClFN7O3. The van der Waals surface area contributed by atoms with Crippen molar-refractivity contribution in [2.45, 2.75) is 44.1 Å². The average Bonchev–Trinajstić information content (AvgIpc) is 3.12. The van der Waals surface area contributed by atoms with E-state index in [4.69, 9.17) is 11.6 Å². The van der Waals surface area contributed by atoms with E-state index in [0.717, 1.165) is 32.1 Å². The van der Waals surface area contributed by atoms with E-state index in [0.29, 0.717) is 36.4 Å². The van der Waals surface area contributed by atoms with Crippen LogP contribution in [0.3, 0.4) is 0 Å². The summed E-state index contributed by atoms with van der Waals surface area (Å²) in [5.74, 6) is -1.14. The molecule has 182 valence electrons. The summed E-state index contributed by atoms with van der Waals surface area (Å²) < 4.78 is 15.3. The van der Waals surface area contributed by atoms with Crippen molar-refractivity contribution in [1.82, 2.24) is 25.4 Å². The second kappa shape index (κ2) is 9.55. The predicted molar refractivity (Wildman–Crippen MR) is 120 cm³/mol. The summed E-state index contributed by atoms with van der Waals surface area (Å²) in [7, 11) is 4.05. The van der Waals surface area contributed by atoms with Crippen LogP contribution in [0.25, 0.3) is 0 Å². The number of anilines is 2. The third-order valence-electron chi connectivity index (χ3n) is 7.40. The lowest BCUT2D eigenvalue weighted by Gasteiger charge is -2.27. The minimum absolute atomic E-state index is 0.0356. The highest BCUT2D eigenvalue weighted by Crippen LogP contribution is 2.53. The minimum Gasteiger partial charge on any atom is -0.352 e. The van der Waals surface area contributed by atoms with Gasteiger partial charge in [-0.3, -0.25) is 25.6 Å². The van der Waals surface area contributed by atoms with Gasteiger partial charge in [0.2, 0.25) is 23.4 Å². The number of carbonyl (C=O) groups is 2. The molecule has 2 heterocycles. The number of rotatable bonds is 10. The van der Waals surface area contributed by atoms with Crippen LogP contribution >= 0.6 is 11.6 Å². The zero-order chi connectivity index (χ0) is 23.8. The van der Waals surface area contributed by atoms with Crippen LogP contribution in [-0.2, 0) is 9.59 Å². The van der Waals surface area contributed by atoms with Crippen molar-refractivity contribution in [2.75, 3.05) is 44.1 Å². The number of hydroxylamine groups is 2. The monoisotopic (exact) mass is 483 g/mol. The number of amides is 2. The number of nitrogens with one attached hydrogen (secondary N) is 2. The number of nitrogens with zero attached hydrogens (tertiary/aromatic N) is 5. The zero-order valence-electron chi connectivity index (χ0n) is 18.9. The summed E-state index contributed by atoms with van der Waals surface area (Å²) in [4.78, 5) is 35.7. The normalized spacial score (nSPS) is 25.2. The zero-order valence-corrected chi connectivity index (χ0v) is 19.7. The fraction of sp³-hybridized carbons (Fsp3) is 0.714. The van der Waals surface area contributed by atoms with Gasteiger partial charge in [-0.15, -0.1) is 0 Å². The SMILES string of the molecule is CN(C)C12CC1CN(c1nc(Cl)nc(NNC(=O)[C@H](CC3CCCC3)CN(O)C=O)c1F)C2. The van der Waals surface area contributed by atoms with Gasteiger partial charge in [-0.2, -0.15) is 14.4 Å². The van der Waals surface area contributed by atoms with E-state index < -0.39 is 17.6 Å². The summed E-state index contributed by atoms with van der Waals surface area (Å²) in [6, 6.07) is 0. The first-order valence-corrected chi connectivity index (χ1v) is 11.7. The molecule has 1 aromatic rings. The Labute approximate surface area is 197 Å². The van der Waals surface area contributed by atoms with Crippen molar-refractivity contribution < 1.29 is 19.2 Å². The molecule has 0 bridgehead atoms. The van der Waals surface area contributed by atoms with Crippen LogP contribution in [-0.4, -0.2) is 76.7 Å². The van der Waals surface area contributed by atoms with Crippen LogP contribution < -0.4 is 15.8 Å². The summed E-state index contributed by atoms with van der Waals surface area (Å²) in [5, 5.41) is 9.94. The highest BCUT2D eigenvalue weighted by molar-refractivity contribution is 6.28. The van der Waals surface area contributed by atoms with Gasteiger partial charge in [0, 0.05) is 18.6 Å². The van der Waals surface area contributed by atoms with Crippen LogP contribution in [0.15, 0.2) is 0 Å². The van der Waals surface area contributed by atoms with Gasteiger partial charge < -0.3 is 9.80 Å². The van der Waals surface area contributed by atoms with Crippen molar-refractivity contribution in [3.05, 3.63) is 11.1 Å². The molecule has 1 saturated heterocycles. The molecule has 4 rings (SSSR count). The Morgan fingerprint density at radius 2 is 2.12 bits per heavy atom. The van der Waals surface area contributed by atoms with Gasteiger partial charge in [0.25, 0.3) is 0 Å². The molecule has 2 aliphatic carbocycles. The number of carbonyl (C=O) groups excluding carboxylic acids is 2. The molecule has 33 heavy (non-hydrogen) atoms. The topological polar surface area (TPSA) is 114 Å². The van der Waals surface area contributed by atoms with Crippen LogP contribution in [0, 0.1) is 23.6 Å². The van der Waals surface area contributed by atoms with E-state index in [2.05, 4.69) is 25.7 Å². The maximum Gasteiger partial charge on any atom is 0.243 e. The Bertz CT molecular complexity index is 901. The van der Waals surface area contributed by atoms with Crippen LogP contribution in [0.4, 0.5) is 16.0 Å². The number of fused-ring (bicyclic) bond motifs is 1. The third kappa shape index (κ3) is 4.99. The molecule has 0 radical (unpaired) electrons. The minimum atomic E-state index is -0.695. The summed E-state index contributed by atoms with van der Waals surface area (Å²) in [6.45, 7) is 1.17. The van der Waals surface area contributed by atoms with Crippen molar-refractivity contribution in [2.24, 2.45) is 17.8 Å². The first-order chi connectivity index (χ1) is 15.7. The van der Waals surface area contributed by atoms with E-state index in [-0.39, 0.29) is 35.4 Å². The molecule has 1 aromatic heterocycles. The Balaban J connectivity index is 1.43. The van der Waals surface area contributed by atoms with Crippen molar-refractivity contribution in [3.8, 4) is 0 Å². The molecule has 10 nitrogen and oxygen atoms in total. The van der Waals surface area contributed by atoms with Crippen molar-refractivity contribution in [1.29, 1.82) is 0 Å². The molecule has 2 unspecified atom stereocenters. The average molecular weight is 484 g/mol. The molecule has 3 fully saturated rings. The van der Waals surface area contributed by atoms with Gasteiger partial charge in [-0.05, 0) is 50.4 Å². The Kier molecular flexibility index (Phi) is 6.92. The fourth-order valence-electron chi connectivity index (χ4n) is 5.41. The lowest BCUT2D eigenvalue weighted by molar-refractivity contribution is -0.154. The first-order valence-electron chi connectivity index (χ1n) is 11.4. The molecular weight excluding hydrogens is 453 g/mol. The van der Waals surface area contributed by atoms with Gasteiger partial charge >= 0.3 is 0 Å². The van der Waals surface area contributed by atoms with Gasteiger partial charge in [-0.1, -0.05) is 25.7 Å². The second-order valence-electron chi connectivity index (χ2n) is 9.68.